The number of alkyl halides is 1. The van der Waals surface area contributed by atoms with E-state index in [0.717, 1.165) is 0 Å². The molecule has 24 heteroatoms. The second kappa shape index (κ2) is 11.6. The molecule has 4 aromatic heterocycles. The molecule has 3 aliphatic rings. The van der Waals surface area contributed by atoms with E-state index in [9.17, 15) is 13.9 Å². The Morgan fingerprint density at radius 2 is 1.59 bits per heavy atom. The zero-order valence-electron chi connectivity index (χ0n) is 22.8. The van der Waals surface area contributed by atoms with E-state index < -0.39 is 91.4 Å². The van der Waals surface area contributed by atoms with Gasteiger partial charge in [0.15, 0.2) is 41.3 Å². The lowest BCUT2D eigenvalue weighted by atomic mass is 10.1. The van der Waals surface area contributed by atoms with Gasteiger partial charge in [-0.15, -0.1) is 0 Å². The van der Waals surface area contributed by atoms with Crippen molar-refractivity contribution in [2.75, 3.05) is 26.1 Å². The first-order valence-electron chi connectivity index (χ1n) is 13.1. The second-order valence-electron chi connectivity index (χ2n) is 10.0. The second-order valence-corrected chi connectivity index (χ2v) is 11.8. The van der Waals surface area contributed by atoms with Crippen molar-refractivity contribution in [1.82, 2.24) is 39.0 Å². The predicted octanol–water partition coefficient (Wildman–Crippen LogP) is -1.24. The molecule has 8 unspecified atom stereocenters. The van der Waals surface area contributed by atoms with Crippen LogP contribution in [0.4, 0.5) is 10.2 Å². The molecule has 46 heavy (non-hydrogen) atoms. The Morgan fingerprint density at radius 1 is 0.957 bits per heavy atom. The Balaban J connectivity index is 1.22. The van der Waals surface area contributed by atoms with Crippen LogP contribution in [0.3, 0.4) is 0 Å². The van der Waals surface area contributed by atoms with Crippen LogP contribution in [0.1, 0.15) is 18.3 Å². The molecule has 0 amide bonds. The summed E-state index contributed by atoms with van der Waals surface area (Å²) in [7, 11) is -8.44. The molecule has 248 valence electrons. The van der Waals surface area contributed by atoms with Crippen molar-refractivity contribution >= 4 is 58.2 Å². The molecule has 0 aromatic carbocycles. The molecular weight excluding hydrogens is 653 g/mol. The van der Waals surface area contributed by atoms with Gasteiger partial charge in [-0.1, -0.05) is 0 Å². The molecule has 0 saturated carbocycles. The Kier molecular flexibility index (Phi) is 7.93. The highest BCUT2D eigenvalue weighted by molar-refractivity contribution is 7.79. The van der Waals surface area contributed by atoms with Gasteiger partial charge in [-0.2, -0.15) is 0 Å². The number of methoxy groups -OCH3 is 1. The minimum Gasteiger partial charge on any atom is -0.382 e. The van der Waals surface area contributed by atoms with E-state index in [1.54, 1.807) is 6.92 Å². The number of hydrogen-bond acceptors (Lipinski definition) is 16. The number of nitrogens with one attached hydrogen (secondary N) is 1. The van der Waals surface area contributed by atoms with Gasteiger partial charge >= 0.3 is 0 Å². The number of fused-ring (bicyclic) bond motifs is 5. The maximum Gasteiger partial charge on any atom is 0.279 e. The van der Waals surface area contributed by atoms with E-state index in [2.05, 4.69) is 29.9 Å². The highest BCUT2D eigenvalue weighted by atomic mass is 31.2. The standard InChI is InChI=1S/C22H30B2FN9O10P2/c1-8-31-19-13(20(35)32-8)30-7-34(19)22-16-15(38-2)10(42-22)4-40-45(23,36)43-14-9(3-39-46(24,37)44-16)41-21(11(14)25)33-6-29-12-17(26)27-5-28-18(12)33/h5-7,9-11,14-16,21-22H,3-4H2,1-2,23-24H3,(H2,26,27,28)(H,31,32,35)/q-2/t9?,10?,11?,14?,15?,16?,21?,22?,45-,46-/m1/s1. The lowest BCUT2D eigenvalue weighted by Gasteiger charge is -2.31. The first-order chi connectivity index (χ1) is 21.9. The van der Waals surface area contributed by atoms with Crippen LogP contribution in [0.2, 0.25) is 0 Å². The van der Waals surface area contributed by atoms with Crippen LogP contribution in [0.15, 0.2) is 23.8 Å². The summed E-state index contributed by atoms with van der Waals surface area (Å²) in [4.78, 5) is 36.0. The number of halogens is 1. The van der Waals surface area contributed by atoms with Crippen LogP contribution in [0, 0.1) is 6.92 Å². The topological polar surface area (TPSA) is 232 Å². The summed E-state index contributed by atoms with van der Waals surface area (Å²) in [5, 5.41) is 0. The third kappa shape index (κ3) is 5.50. The van der Waals surface area contributed by atoms with Gasteiger partial charge in [-0.05, 0) is 6.92 Å². The third-order valence-corrected chi connectivity index (χ3v) is 8.97. The minimum atomic E-state index is -3.76. The van der Waals surface area contributed by atoms with Crippen LogP contribution in [0.5, 0.6) is 0 Å². The molecule has 7 rings (SSSR count). The Morgan fingerprint density at radius 3 is 2.30 bits per heavy atom. The van der Waals surface area contributed by atoms with Crippen LogP contribution >= 0.6 is 14.9 Å². The predicted molar refractivity (Wildman–Crippen MR) is 163 cm³/mol. The maximum atomic E-state index is 16.2. The number of ether oxygens (including phenoxy) is 3. The number of nitrogen functional groups attached to an aromatic ring is 1. The van der Waals surface area contributed by atoms with E-state index in [0.29, 0.717) is 5.82 Å². The summed E-state index contributed by atoms with van der Waals surface area (Å²) in [5.41, 5.74) is 6.20. The number of nitrogens with two attached hydrogens (primary N) is 1. The number of imidazole rings is 2. The Bertz CT molecular complexity index is 1970. The van der Waals surface area contributed by atoms with Crippen molar-refractivity contribution in [3.8, 4) is 0 Å². The van der Waals surface area contributed by atoms with Gasteiger partial charge in [0.2, 0.25) is 0 Å². The summed E-state index contributed by atoms with van der Waals surface area (Å²) in [6.45, 7) is 0.932. The van der Waals surface area contributed by atoms with Crippen molar-refractivity contribution in [2.24, 2.45) is 0 Å². The van der Waals surface area contributed by atoms with Crippen LogP contribution in [0.25, 0.3) is 22.3 Å². The van der Waals surface area contributed by atoms with E-state index in [4.69, 9.17) is 38.0 Å². The van der Waals surface area contributed by atoms with Crippen molar-refractivity contribution in [3.05, 3.63) is 35.2 Å². The molecule has 0 aliphatic carbocycles. The first-order valence-corrected chi connectivity index (χ1v) is 15.3. The molecule has 3 saturated heterocycles. The van der Waals surface area contributed by atoms with Crippen molar-refractivity contribution in [3.63, 3.8) is 0 Å². The number of nitrogens with zero attached hydrogens (tertiary/aromatic N) is 7. The largest absolute Gasteiger partial charge is 0.382 e. The van der Waals surface area contributed by atoms with Crippen molar-refractivity contribution in [1.29, 1.82) is 0 Å². The van der Waals surface area contributed by atoms with Crippen molar-refractivity contribution in [2.45, 2.75) is 56.1 Å². The number of H-pyrrole nitrogens is 1. The summed E-state index contributed by atoms with van der Waals surface area (Å²) >= 11 is 0. The lowest BCUT2D eigenvalue weighted by Crippen LogP contribution is -2.37. The van der Waals surface area contributed by atoms with Gasteiger partial charge < -0.3 is 52.2 Å². The molecule has 4 aromatic rings. The highest BCUT2D eigenvalue weighted by Crippen LogP contribution is 2.54. The Labute approximate surface area is 260 Å². The quantitative estimate of drug-likeness (QED) is 0.190. The van der Waals surface area contributed by atoms with E-state index in [1.807, 2.05) is 0 Å². The van der Waals surface area contributed by atoms with Gasteiger partial charge in [0.05, 0.1) is 41.0 Å². The van der Waals surface area contributed by atoms with Gasteiger partial charge in [0.25, 0.3) is 5.56 Å². The zero-order chi connectivity index (χ0) is 32.5. The fourth-order valence-corrected chi connectivity index (χ4v) is 6.98. The Hall–Kier alpha value is -3.06. The lowest BCUT2D eigenvalue weighted by molar-refractivity contribution is -0.0578. The molecule has 7 heterocycles. The minimum absolute atomic E-state index is 0.0654. The smallest absolute Gasteiger partial charge is 0.279 e. The summed E-state index contributed by atoms with van der Waals surface area (Å²) < 4.78 is 88.5. The van der Waals surface area contributed by atoms with Gasteiger partial charge in [0, 0.05) is 7.11 Å². The average Bonchev–Trinajstić information content (AvgIpc) is 3.75. The summed E-state index contributed by atoms with van der Waals surface area (Å²) in [5.74, 6) is 0.446. The molecule has 10 atom stereocenters. The third-order valence-electron chi connectivity index (χ3n) is 7.41. The molecule has 0 spiro atoms. The molecule has 0 radical (unpaired) electrons. The van der Waals surface area contributed by atoms with E-state index in [-0.39, 0.29) is 34.8 Å². The maximum absolute atomic E-state index is 16.2. The number of aryl methyl sites for hydroxylation is 1. The molecule has 3 fully saturated rings. The number of aromatic nitrogens is 8. The van der Waals surface area contributed by atoms with E-state index >= 15 is 4.39 Å². The molecule has 3 aliphatic heterocycles. The van der Waals surface area contributed by atoms with Gasteiger partial charge in [0.1, 0.15) is 63.1 Å². The highest BCUT2D eigenvalue weighted by Gasteiger charge is 2.52. The number of anilines is 1. The number of aromatic amines is 1. The van der Waals surface area contributed by atoms with Crippen molar-refractivity contribution < 1.29 is 45.8 Å². The normalized spacial score (nSPS) is 37.2. The monoisotopic (exact) mass is 683 g/mol. The van der Waals surface area contributed by atoms with Crippen LogP contribution in [-0.2, 0) is 41.4 Å². The molecule has 19 nitrogen and oxygen atoms in total. The molecule has 3 N–H and O–H groups in total. The summed E-state index contributed by atoms with van der Waals surface area (Å²) in [6.07, 6.45) is -5.70. The SMILES string of the molecule is [BH3-][P@@]1(=O)OCC2OC(n3cnc4c(=O)[nH]c(C)nc43)C(O[P@]([BH3-])(=O)OCC3OC(n4cnc5c(N)ncnc54)C(F)C3O1)C2OC. The van der Waals surface area contributed by atoms with E-state index in [1.165, 1.54) is 35.2 Å². The average molecular weight is 683 g/mol. The first kappa shape index (κ1) is 31.5. The number of rotatable bonds is 3. The fourth-order valence-electron chi connectivity index (χ4n) is 5.45. The molecule has 2 bridgehead atoms. The van der Waals surface area contributed by atoms with Crippen LogP contribution in [-0.4, -0.2) is 111 Å². The summed E-state index contributed by atoms with van der Waals surface area (Å²) in [6, 6.07) is 0. The van der Waals surface area contributed by atoms with Gasteiger partial charge in [-0.3, -0.25) is 13.9 Å². The fraction of sp³-hybridized carbons (Fsp3) is 0.545. The van der Waals surface area contributed by atoms with Gasteiger partial charge in [-0.25, -0.2) is 29.3 Å². The zero-order valence-corrected chi connectivity index (χ0v) is 24.6. The number of hydrogen-bond donors (Lipinski definition) is 2. The molecular formula is C22H30B2FN9O10P2-2. The van der Waals surface area contributed by atoms with Crippen LogP contribution < -0.4 is 11.3 Å².